The van der Waals surface area contributed by atoms with Gasteiger partial charge in [-0.2, -0.15) is 0 Å². The van der Waals surface area contributed by atoms with Crippen LogP contribution >= 0.6 is 0 Å². The number of rotatable bonds is 2. The molecule has 0 radical (unpaired) electrons. The number of anilines is 1. The molecule has 1 aliphatic carbocycles. The number of carbonyl (C=O) groups is 2. The highest BCUT2D eigenvalue weighted by Crippen LogP contribution is 2.34. The molecule has 5 heteroatoms. The molecule has 0 fully saturated rings. The Balaban J connectivity index is 1.77. The molecule has 23 heavy (non-hydrogen) atoms. The van der Waals surface area contributed by atoms with E-state index in [9.17, 15) is 9.59 Å². The van der Waals surface area contributed by atoms with Crippen molar-refractivity contribution in [2.45, 2.75) is 25.7 Å². The number of carboxylic acids is 1. The summed E-state index contributed by atoms with van der Waals surface area (Å²) < 4.78 is 0. The molecule has 0 saturated heterocycles. The summed E-state index contributed by atoms with van der Waals surface area (Å²) in [4.78, 5) is 26.7. The Bertz CT molecular complexity index is 838. The smallest absolute Gasteiger partial charge is 0.335 e. The second kappa shape index (κ2) is 5.12. The number of H-pyrrole nitrogens is 1. The minimum Gasteiger partial charge on any atom is -0.478 e. The van der Waals surface area contributed by atoms with E-state index in [1.165, 1.54) is 30.2 Å². The van der Waals surface area contributed by atoms with Gasteiger partial charge in [-0.3, -0.25) is 4.79 Å². The van der Waals surface area contributed by atoms with E-state index in [0.717, 1.165) is 18.5 Å². The van der Waals surface area contributed by atoms with Gasteiger partial charge < -0.3 is 15.4 Å². The van der Waals surface area contributed by atoms with Gasteiger partial charge >= 0.3 is 5.97 Å². The number of carbonyl (C=O) groups excluding carboxylic acids is 1. The summed E-state index contributed by atoms with van der Waals surface area (Å²) in [6.45, 7) is 0. The van der Waals surface area contributed by atoms with Crippen molar-refractivity contribution in [1.29, 1.82) is 0 Å². The Labute approximate surface area is 133 Å². The number of aromatic nitrogens is 1. The van der Waals surface area contributed by atoms with Crippen molar-refractivity contribution in [2.75, 3.05) is 5.32 Å². The van der Waals surface area contributed by atoms with Crippen molar-refractivity contribution < 1.29 is 14.7 Å². The van der Waals surface area contributed by atoms with Gasteiger partial charge in [0, 0.05) is 22.6 Å². The normalized spacial score (nSPS) is 17.7. The van der Waals surface area contributed by atoms with Gasteiger partial charge in [0.05, 0.1) is 11.1 Å². The van der Waals surface area contributed by atoms with Crippen LogP contribution < -0.4 is 5.32 Å². The van der Waals surface area contributed by atoms with Gasteiger partial charge in [-0.05, 0) is 61.6 Å². The van der Waals surface area contributed by atoms with Crippen LogP contribution in [0, 0.1) is 0 Å². The highest BCUT2D eigenvalue weighted by molar-refractivity contribution is 6.35. The summed E-state index contributed by atoms with van der Waals surface area (Å²) in [6, 6.07) is 6.77. The highest BCUT2D eigenvalue weighted by atomic mass is 16.4. The minimum atomic E-state index is -0.998. The number of benzene rings is 1. The number of amides is 1. The summed E-state index contributed by atoms with van der Waals surface area (Å²) in [5.74, 6) is -1.20. The Morgan fingerprint density at radius 1 is 1.17 bits per heavy atom. The molecule has 0 unspecified atom stereocenters. The van der Waals surface area contributed by atoms with Gasteiger partial charge in [0.2, 0.25) is 0 Å². The van der Waals surface area contributed by atoms with E-state index >= 15 is 0 Å². The second-order valence-electron chi connectivity index (χ2n) is 6.01. The lowest BCUT2D eigenvalue weighted by atomic mass is 9.98. The van der Waals surface area contributed by atoms with E-state index in [1.807, 2.05) is 6.08 Å². The van der Waals surface area contributed by atoms with Crippen molar-refractivity contribution in [3.63, 3.8) is 0 Å². The molecule has 0 saturated carbocycles. The fourth-order valence-corrected chi connectivity index (χ4v) is 3.33. The van der Waals surface area contributed by atoms with Crippen LogP contribution in [0.4, 0.5) is 5.69 Å². The molecule has 4 rings (SSSR count). The third-order valence-corrected chi connectivity index (χ3v) is 4.48. The van der Waals surface area contributed by atoms with Gasteiger partial charge in [0.25, 0.3) is 5.91 Å². The van der Waals surface area contributed by atoms with Crippen molar-refractivity contribution in [1.82, 2.24) is 4.98 Å². The zero-order valence-corrected chi connectivity index (χ0v) is 12.5. The van der Waals surface area contributed by atoms with Crippen molar-refractivity contribution in [3.05, 3.63) is 52.3 Å². The molecule has 3 N–H and O–H groups in total. The molecule has 0 atom stereocenters. The molecule has 0 bridgehead atoms. The van der Waals surface area contributed by atoms with Gasteiger partial charge in [0.15, 0.2) is 0 Å². The second-order valence-corrected chi connectivity index (χ2v) is 6.01. The van der Waals surface area contributed by atoms with Gasteiger partial charge in [-0.25, -0.2) is 4.79 Å². The number of aromatic carboxylic acids is 1. The van der Waals surface area contributed by atoms with Crippen LogP contribution in [-0.2, 0) is 17.6 Å². The van der Waals surface area contributed by atoms with E-state index in [4.69, 9.17) is 5.11 Å². The maximum Gasteiger partial charge on any atom is 0.335 e. The number of nitrogens with one attached hydrogen (secondary N) is 2. The third-order valence-electron chi connectivity index (χ3n) is 4.48. The van der Waals surface area contributed by atoms with Crippen molar-refractivity contribution in [3.8, 4) is 0 Å². The number of hydrogen-bond donors (Lipinski definition) is 3. The number of aryl methyl sites for hydroxylation is 2. The zero-order valence-electron chi connectivity index (χ0n) is 12.5. The van der Waals surface area contributed by atoms with E-state index < -0.39 is 5.97 Å². The molecule has 116 valence electrons. The summed E-state index contributed by atoms with van der Waals surface area (Å²) in [6.07, 6.45) is 6.32. The van der Waals surface area contributed by atoms with Crippen LogP contribution in [0.1, 0.15) is 45.7 Å². The maximum atomic E-state index is 12.2. The first-order valence-corrected chi connectivity index (χ1v) is 7.73. The Morgan fingerprint density at radius 2 is 2.00 bits per heavy atom. The Kier molecular flexibility index (Phi) is 3.08. The summed E-state index contributed by atoms with van der Waals surface area (Å²) in [5, 5.41) is 11.9. The van der Waals surface area contributed by atoms with Gasteiger partial charge in [-0.15, -0.1) is 0 Å². The Morgan fingerprint density at radius 3 is 2.78 bits per heavy atom. The largest absolute Gasteiger partial charge is 0.478 e. The molecular weight excluding hydrogens is 292 g/mol. The molecule has 0 spiro atoms. The summed E-state index contributed by atoms with van der Waals surface area (Å²) in [7, 11) is 0. The fourth-order valence-electron chi connectivity index (χ4n) is 3.33. The van der Waals surface area contributed by atoms with E-state index in [2.05, 4.69) is 16.4 Å². The molecule has 1 aromatic heterocycles. The lowest BCUT2D eigenvalue weighted by Crippen LogP contribution is -2.03. The van der Waals surface area contributed by atoms with E-state index in [1.54, 1.807) is 12.1 Å². The molecule has 1 aliphatic heterocycles. The first-order valence-electron chi connectivity index (χ1n) is 7.73. The van der Waals surface area contributed by atoms with E-state index in [0.29, 0.717) is 16.8 Å². The first kappa shape index (κ1) is 13.8. The standard InChI is InChI=1S/C18H16N2O3/c21-17-14(9-12-7-10-3-1-2-4-15(10)19-12)13-8-11(18(22)23)5-6-16(13)20-17/h5-9,19H,1-4H2,(H,20,21)(H,22,23)/b14-9+. The predicted octanol–water partition coefficient (Wildman–Crippen LogP) is 3.08. The number of hydrogen-bond acceptors (Lipinski definition) is 2. The molecule has 2 heterocycles. The minimum absolute atomic E-state index is 0.178. The molecular formula is C18H16N2O3. The van der Waals surface area contributed by atoms with Crippen LogP contribution in [0.15, 0.2) is 24.3 Å². The van der Waals surface area contributed by atoms with Gasteiger partial charge in [0.1, 0.15) is 0 Å². The van der Waals surface area contributed by atoms with Gasteiger partial charge in [-0.1, -0.05) is 0 Å². The number of aromatic amines is 1. The van der Waals surface area contributed by atoms with E-state index in [-0.39, 0.29) is 11.5 Å². The maximum absolute atomic E-state index is 12.2. The lowest BCUT2D eigenvalue weighted by Gasteiger charge is -2.08. The molecule has 2 aliphatic rings. The zero-order chi connectivity index (χ0) is 16.0. The monoisotopic (exact) mass is 308 g/mol. The number of fused-ring (bicyclic) bond motifs is 2. The summed E-state index contributed by atoms with van der Waals surface area (Å²) >= 11 is 0. The average Bonchev–Trinajstić information content (AvgIpc) is 3.08. The average molecular weight is 308 g/mol. The van der Waals surface area contributed by atoms with Crippen LogP contribution in [0.5, 0.6) is 0 Å². The molecule has 5 nitrogen and oxygen atoms in total. The quantitative estimate of drug-likeness (QED) is 0.746. The lowest BCUT2D eigenvalue weighted by molar-refractivity contribution is -0.110. The molecule has 1 amide bonds. The molecule has 1 aromatic carbocycles. The highest BCUT2D eigenvalue weighted by Gasteiger charge is 2.25. The molecule has 2 aromatic rings. The first-order chi connectivity index (χ1) is 11.1. The van der Waals surface area contributed by atoms with Crippen molar-refractivity contribution >= 4 is 29.2 Å². The SMILES string of the molecule is O=C1Nc2ccc(C(=O)O)cc2/C1=C\c1cc2c([nH]1)CCCC2. The Hall–Kier alpha value is -2.82. The topological polar surface area (TPSA) is 82.2 Å². The van der Waals surface area contributed by atoms with Crippen LogP contribution in [0.25, 0.3) is 11.6 Å². The van der Waals surface area contributed by atoms with Crippen molar-refractivity contribution in [2.24, 2.45) is 0 Å². The van der Waals surface area contributed by atoms with Crippen LogP contribution in [0.3, 0.4) is 0 Å². The van der Waals surface area contributed by atoms with Crippen LogP contribution in [0.2, 0.25) is 0 Å². The third kappa shape index (κ3) is 2.34. The predicted molar refractivity (Wildman–Crippen MR) is 87.3 cm³/mol. The summed E-state index contributed by atoms with van der Waals surface area (Å²) in [5.41, 5.74) is 5.45. The van der Waals surface area contributed by atoms with Crippen LogP contribution in [-0.4, -0.2) is 22.0 Å². The fraction of sp³-hybridized carbons (Fsp3) is 0.222. The number of carboxylic acid groups (broad SMARTS) is 1.